The van der Waals surface area contributed by atoms with Crippen LogP contribution in [0.5, 0.6) is 0 Å². The second-order valence-electron chi connectivity index (χ2n) is 7.73. The van der Waals surface area contributed by atoms with Gasteiger partial charge in [-0.2, -0.15) is 10.1 Å². The second kappa shape index (κ2) is 8.52. The Morgan fingerprint density at radius 1 is 1.41 bits per heavy atom. The number of anilines is 1. The standard InChI is InChI=1S/C20H26N6O3/c1-13-8-9-14(17-23-19(29-25-17)20(2,3)28)12-26(13)18(27)15-6-4-5-7-16(15)24-22-11-10-21/h4-7,10-11,13-14,21,24,28H,8-9,12H2,1-3H3/p+1/b21-10?,22-11-/t13-,14-/m1/s1. The number of nitrogens with one attached hydrogen (secondary N) is 1. The van der Waals surface area contributed by atoms with Crippen molar-refractivity contribution in [1.82, 2.24) is 15.0 Å². The quantitative estimate of drug-likeness (QED) is 0.489. The molecular formula is C20H27N6O3+. The van der Waals surface area contributed by atoms with Gasteiger partial charge < -0.3 is 14.5 Å². The van der Waals surface area contributed by atoms with Gasteiger partial charge in [0.2, 0.25) is 0 Å². The maximum Gasteiger partial charge on any atom is 0.258 e. The van der Waals surface area contributed by atoms with Gasteiger partial charge in [0.15, 0.2) is 12.0 Å². The molecule has 1 aliphatic rings. The van der Waals surface area contributed by atoms with Crippen LogP contribution in [0.15, 0.2) is 33.9 Å². The first-order chi connectivity index (χ1) is 13.8. The van der Waals surface area contributed by atoms with Crippen molar-refractivity contribution in [1.29, 1.82) is 0 Å². The number of aromatic nitrogens is 2. The molecule has 0 spiro atoms. The van der Waals surface area contributed by atoms with E-state index in [1.807, 2.05) is 24.0 Å². The van der Waals surface area contributed by atoms with Crippen molar-refractivity contribution >= 4 is 24.0 Å². The van der Waals surface area contributed by atoms with Crippen LogP contribution in [0.25, 0.3) is 0 Å². The van der Waals surface area contributed by atoms with Gasteiger partial charge in [-0.25, -0.2) is 0 Å². The fraction of sp³-hybridized carbons (Fsp3) is 0.450. The van der Waals surface area contributed by atoms with Crippen LogP contribution in [0.3, 0.4) is 0 Å². The highest BCUT2D eigenvalue weighted by atomic mass is 16.5. The molecule has 2 heterocycles. The zero-order valence-electron chi connectivity index (χ0n) is 16.9. The third-order valence-electron chi connectivity index (χ3n) is 4.98. The average Bonchev–Trinajstić information content (AvgIpc) is 3.19. The number of amides is 1. The van der Waals surface area contributed by atoms with Gasteiger partial charge >= 0.3 is 0 Å². The van der Waals surface area contributed by atoms with Crippen LogP contribution >= 0.6 is 0 Å². The van der Waals surface area contributed by atoms with E-state index < -0.39 is 5.60 Å². The Hall–Kier alpha value is -3.07. The van der Waals surface area contributed by atoms with E-state index in [-0.39, 0.29) is 23.8 Å². The number of carbonyl (C=O) groups excluding carboxylic acids is 1. The second-order valence-corrected chi connectivity index (χ2v) is 7.73. The molecule has 4 N–H and O–H groups in total. The predicted octanol–water partition coefficient (Wildman–Crippen LogP) is 0.933. The van der Waals surface area contributed by atoms with Gasteiger partial charge in [-0.15, -0.1) is 0 Å². The molecule has 0 aliphatic carbocycles. The maximum absolute atomic E-state index is 13.3. The smallest absolute Gasteiger partial charge is 0.258 e. The summed E-state index contributed by atoms with van der Waals surface area (Å²) in [4.78, 5) is 19.5. The van der Waals surface area contributed by atoms with Crippen molar-refractivity contribution in [2.45, 2.75) is 51.2 Å². The molecule has 1 fully saturated rings. The summed E-state index contributed by atoms with van der Waals surface area (Å²) < 4.78 is 5.21. The lowest BCUT2D eigenvalue weighted by atomic mass is 9.92. The third-order valence-corrected chi connectivity index (χ3v) is 4.98. The van der Waals surface area contributed by atoms with Crippen molar-refractivity contribution in [3.8, 4) is 0 Å². The summed E-state index contributed by atoms with van der Waals surface area (Å²) in [5, 5.41) is 23.4. The Balaban J connectivity index is 1.81. The number of carbonyl (C=O) groups is 1. The summed E-state index contributed by atoms with van der Waals surface area (Å²) >= 11 is 0. The summed E-state index contributed by atoms with van der Waals surface area (Å²) in [5.41, 5.74) is 2.79. The van der Waals surface area contributed by atoms with E-state index in [4.69, 9.17) is 9.93 Å². The number of hydrogen-bond donors (Lipinski definition) is 3. The Bertz CT molecular complexity index is 902. The fourth-order valence-electron chi connectivity index (χ4n) is 3.32. The monoisotopic (exact) mass is 399 g/mol. The van der Waals surface area contributed by atoms with Crippen molar-refractivity contribution in [3.63, 3.8) is 0 Å². The lowest BCUT2D eigenvalue weighted by Gasteiger charge is -2.37. The van der Waals surface area contributed by atoms with E-state index in [1.165, 1.54) is 12.4 Å². The molecule has 0 bridgehead atoms. The molecule has 29 heavy (non-hydrogen) atoms. The molecule has 0 radical (unpaired) electrons. The van der Waals surface area contributed by atoms with Gasteiger partial charge in [0.1, 0.15) is 11.8 Å². The van der Waals surface area contributed by atoms with Crippen LogP contribution in [0, 0.1) is 0 Å². The summed E-state index contributed by atoms with van der Waals surface area (Å²) in [6, 6.07) is 7.29. The molecule has 2 atom stereocenters. The molecule has 1 saturated heterocycles. The summed E-state index contributed by atoms with van der Waals surface area (Å²) in [6.07, 6.45) is 4.38. The van der Waals surface area contributed by atoms with Crippen LogP contribution in [0.1, 0.15) is 61.6 Å². The number of hydrazone groups is 1. The highest BCUT2D eigenvalue weighted by Gasteiger charge is 2.34. The van der Waals surface area contributed by atoms with Crippen LogP contribution in [0.4, 0.5) is 5.69 Å². The number of nitrogens with zero attached hydrogens (tertiary/aromatic N) is 4. The van der Waals surface area contributed by atoms with Gasteiger partial charge in [0.05, 0.1) is 11.3 Å². The largest absolute Gasteiger partial charge is 0.381 e. The number of hydrogen-bond acceptors (Lipinski definition) is 7. The third kappa shape index (κ3) is 4.68. The van der Waals surface area contributed by atoms with Crippen LogP contribution in [-0.4, -0.2) is 51.1 Å². The number of benzene rings is 1. The van der Waals surface area contributed by atoms with Crippen LogP contribution < -0.4 is 10.8 Å². The Labute approximate surface area is 169 Å². The minimum absolute atomic E-state index is 0.0556. The molecule has 1 aromatic carbocycles. The fourth-order valence-corrected chi connectivity index (χ4v) is 3.32. The number of aliphatic hydroxyl groups is 1. The first-order valence-electron chi connectivity index (χ1n) is 9.60. The highest BCUT2D eigenvalue weighted by Crippen LogP contribution is 2.31. The summed E-state index contributed by atoms with van der Waals surface area (Å²) in [6.45, 7) is 5.69. The molecule has 2 aromatic rings. The van der Waals surface area contributed by atoms with E-state index in [2.05, 4.69) is 20.7 Å². The SMILES string of the molecule is C[C@@H]1CC[C@@H](c2noc(C(C)(C)O)n2)CN1C(=O)c1ccccc1N/N=C\C=[NH2+]. The van der Waals surface area contributed by atoms with E-state index in [0.717, 1.165) is 12.8 Å². The number of piperidine rings is 1. The molecule has 3 rings (SSSR count). The lowest BCUT2D eigenvalue weighted by Crippen LogP contribution is -2.45. The van der Waals surface area contributed by atoms with Gasteiger partial charge in [0, 0.05) is 18.5 Å². The minimum Gasteiger partial charge on any atom is -0.381 e. The average molecular weight is 399 g/mol. The van der Waals surface area contributed by atoms with Gasteiger partial charge in [0.25, 0.3) is 11.8 Å². The van der Waals surface area contributed by atoms with Crippen LogP contribution in [0.2, 0.25) is 0 Å². The molecule has 9 nitrogen and oxygen atoms in total. The summed E-state index contributed by atoms with van der Waals surface area (Å²) in [5.74, 6) is 0.540. The number of rotatable bonds is 6. The Kier molecular flexibility index (Phi) is 6.07. The van der Waals surface area contributed by atoms with Gasteiger partial charge in [-0.05, 0) is 45.7 Å². The molecule has 0 saturated carbocycles. The normalized spacial score (nSPS) is 20.1. The van der Waals surface area contributed by atoms with Crippen LogP contribution in [-0.2, 0) is 5.60 Å². The zero-order valence-corrected chi connectivity index (χ0v) is 16.9. The Morgan fingerprint density at radius 2 is 2.17 bits per heavy atom. The molecule has 1 aliphatic heterocycles. The molecule has 9 heteroatoms. The first kappa shape index (κ1) is 20.7. The van der Waals surface area contributed by atoms with Crippen molar-refractivity contribution < 1.29 is 19.8 Å². The van der Waals surface area contributed by atoms with Gasteiger partial charge in [-0.1, -0.05) is 17.3 Å². The maximum atomic E-state index is 13.3. The lowest BCUT2D eigenvalue weighted by molar-refractivity contribution is -0.102. The molecule has 154 valence electrons. The topological polar surface area (TPSA) is 129 Å². The van der Waals surface area contributed by atoms with E-state index in [0.29, 0.717) is 23.6 Å². The van der Waals surface area contributed by atoms with E-state index >= 15 is 0 Å². The zero-order chi connectivity index (χ0) is 21.0. The molecule has 1 amide bonds. The van der Waals surface area contributed by atoms with Crippen molar-refractivity contribution in [3.05, 3.63) is 41.5 Å². The van der Waals surface area contributed by atoms with E-state index in [1.54, 1.807) is 26.0 Å². The number of likely N-dealkylation sites (tertiary alicyclic amines) is 1. The predicted molar refractivity (Wildman–Crippen MR) is 109 cm³/mol. The van der Waals surface area contributed by atoms with E-state index in [9.17, 15) is 9.90 Å². The minimum atomic E-state index is -1.20. The van der Waals surface area contributed by atoms with Gasteiger partial charge in [-0.3, -0.25) is 15.6 Å². The number of para-hydroxylation sites is 1. The number of nitrogens with two attached hydrogens (primary N) is 1. The molecular weight excluding hydrogens is 372 g/mol. The molecule has 1 aromatic heterocycles. The highest BCUT2D eigenvalue weighted by molar-refractivity contribution is 6.13. The van der Waals surface area contributed by atoms with Crippen molar-refractivity contribution in [2.75, 3.05) is 12.0 Å². The summed E-state index contributed by atoms with van der Waals surface area (Å²) in [7, 11) is 0. The molecule has 0 unspecified atom stereocenters. The Morgan fingerprint density at radius 3 is 2.86 bits per heavy atom. The first-order valence-corrected chi connectivity index (χ1v) is 9.60. The van der Waals surface area contributed by atoms with Crippen molar-refractivity contribution in [2.24, 2.45) is 5.10 Å².